The number of nitrogens with one attached hydrogen (secondary N) is 1. The Hall–Kier alpha value is -4.66. The second kappa shape index (κ2) is 11.2. The Bertz CT molecular complexity index is 1600. The van der Waals surface area contributed by atoms with Crippen molar-refractivity contribution in [2.75, 3.05) is 20.8 Å². The highest BCUT2D eigenvalue weighted by atomic mass is 19.1. The number of carbonyl (C=O) groups is 3. The molecule has 0 radical (unpaired) electrons. The minimum Gasteiger partial charge on any atom is -0.496 e. The minimum atomic E-state index is -0.672. The van der Waals surface area contributed by atoms with E-state index in [2.05, 4.69) is 5.32 Å². The summed E-state index contributed by atoms with van der Waals surface area (Å²) in [4.78, 5) is 37.8. The molecule has 40 heavy (non-hydrogen) atoms. The standard InChI is InChI=1S/C31H31FN2O6/c1-31(2,3)15-23(35)21-13-20(26(14-25(21)38-5)39-16-27(33)36)18-8-11-24-22(12-18)28(30(37)34-4)29(40-24)17-6-9-19(32)10-7-17/h6-14H,15-16H2,1-5H3,(H2,33,36)(H,34,37). The van der Waals surface area contributed by atoms with E-state index in [0.717, 1.165) is 0 Å². The monoisotopic (exact) mass is 546 g/mol. The molecular weight excluding hydrogens is 515 g/mol. The molecule has 0 fully saturated rings. The first-order chi connectivity index (χ1) is 18.9. The molecule has 0 aliphatic heterocycles. The molecule has 208 valence electrons. The van der Waals surface area contributed by atoms with E-state index >= 15 is 0 Å². The number of nitrogens with two attached hydrogens (primary N) is 1. The van der Waals surface area contributed by atoms with Crippen LogP contribution in [-0.2, 0) is 4.79 Å². The molecule has 1 aromatic heterocycles. The lowest BCUT2D eigenvalue weighted by Gasteiger charge is -2.20. The number of Topliss-reactive ketones (excluding diaryl/α,β-unsaturated/α-hetero) is 1. The lowest BCUT2D eigenvalue weighted by atomic mass is 9.86. The number of hydrogen-bond donors (Lipinski definition) is 2. The largest absolute Gasteiger partial charge is 0.496 e. The molecule has 9 heteroatoms. The predicted molar refractivity (Wildman–Crippen MR) is 150 cm³/mol. The molecule has 3 aromatic carbocycles. The van der Waals surface area contributed by atoms with E-state index in [4.69, 9.17) is 19.6 Å². The van der Waals surface area contributed by atoms with Crippen molar-refractivity contribution in [2.45, 2.75) is 27.2 Å². The number of ketones is 1. The molecular formula is C31H31FN2O6. The smallest absolute Gasteiger partial charge is 0.255 e. The molecule has 0 unspecified atom stereocenters. The molecule has 0 saturated carbocycles. The number of benzene rings is 3. The van der Waals surface area contributed by atoms with Gasteiger partial charge >= 0.3 is 0 Å². The van der Waals surface area contributed by atoms with E-state index < -0.39 is 24.2 Å². The van der Waals surface area contributed by atoms with E-state index in [1.54, 1.807) is 30.3 Å². The molecule has 0 bridgehead atoms. The summed E-state index contributed by atoms with van der Waals surface area (Å²) in [7, 11) is 2.96. The first-order valence-corrected chi connectivity index (χ1v) is 12.6. The Labute approximate surface area is 231 Å². The highest BCUT2D eigenvalue weighted by Crippen LogP contribution is 2.41. The average molecular weight is 547 g/mol. The fourth-order valence-electron chi connectivity index (χ4n) is 4.44. The van der Waals surface area contributed by atoms with Crippen molar-refractivity contribution in [3.05, 3.63) is 71.5 Å². The van der Waals surface area contributed by atoms with Crippen molar-refractivity contribution in [1.29, 1.82) is 0 Å². The van der Waals surface area contributed by atoms with Crippen molar-refractivity contribution in [3.8, 4) is 33.9 Å². The molecule has 0 aliphatic rings. The fourth-order valence-corrected chi connectivity index (χ4v) is 4.44. The zero-order chi connectivity index (χ0) is 29.2. The van der Waals surface area contributed by atoms with E-state index in [9.17, 15) is 18.8 Å². The SMILES string of the molecule is CNC(=O)c1c(-c2ccc(F)cc2)oc2ccc(-c3cc(C(=O)CC(C)(C)C)c(OC)cc3OCC(N)=O)cc12. The first-order valence-electron chi connectivity index (χ1n) is 12.6. The minimum absolute atomic E-state index is 0.124. The summed E-state index contributed by atoms with van der Waals surface area (Å²) in [5.41, 5.74) is 7.73. The van der Waals surface area contributed by atoms with Gasteiger partial charge in [0.15, 0.2) is 12.4 Å². The summed E-state index contributed by atoms with van der Waals surface area (Å²) in [5.74, 6) is -0.750. The Kier molecular flexibility index (Phi) is 7.95. The second-order valence-corrected chi connectivity index (χ2v) is 10.6. The molecule has 4 aromatic rings. The number of hydrogen-bond acceptors (Lipinski definition) is 6. The average Bonchev–Trinajstić information content (AvgIpc) is 3.29. The van der Waals surface area contributed by atoms with Gasteiger partial charge in [-0.2, -0.15) is 0 Å². The Morgan fingerprint density at radius 3 is 2.25 bits per heavy atom. The number of carbonyl (C=O) groups excluding carboxylic acids is 3. The van der Waals surface area contributed by atoms with E-state index in [0.29, 0.717) is 39.0 Å². The maximum absolute atomic E-state index is 13.6. The topological polar surface area (TPSA) is 121 Å². The molecule has 0 spiro atoms. The highest BCUT2D eigenvalue weighted by Gasteiger charge is 2.25. The zero-order valence-electron chi connectivity index (χ0n) is 23.0. The van der Waals surface area contributed by atoms with Crippen LogP contribution in [0.5, 0.6) is 11.5 Å². The number of halogens is 1. The fraction of sp³-hybridized carbons (Fsp3) is 0.258. The van der Waals surface area contributed by atoms with Crippen LogP contribution in [0.15, 0.2) is 59.0 Å². The van der Waals surface area contributed by atoms with E-state index in [-0.39, 0.29) is 34.7 Å². The number of ether oxygens (including phenoxy) is 2. The number of methoxy groups -OCH3 is 1. The van der Waals surface area contributed by atoms with Crippen molar-refractivity contribution >= 4 is 28.6 Å². The van der Waals surface area contributed by atoms with Crippen molar-refractivity contribution in [2.24, 2.45) is 11.1 Å². The van der Waals surface area contributed by atoms with Gasteiger partial charge in [-0.3, -0.25) is 14.4 Å². The maximum atomic E-state index is 13.6. The predicted octanol–water partition coefficient (Wildman–Crippen LogP) is 5.76. The summed E-state index contributed by atoms with van der Waals surface area (Å²) in [6, 6.07) is 14.1. The summed E-state index contributed by atoms with van der Waals surface area (Å²) in [6.45, 7) is 5.51. The maximum Gasteiger partial charge on any atom is 0.255 e. The van der Waals surface area contributed by atoms with Crippen LogP contribution in [0.4, 0.5) is 4.39 Å². The van der Waals surface area contributed by atoms with Gasteiger partial charge in [-0.1, -0.05) is 26.8 Å². The molecule has 8 nitrogen and oxygen atoms in total. The number of rotatable bonds is 9. The van der Waals surface area contributed by atoms with Crippen LogP contribution in [0.3, 0.4) is 0 Å². The van der Waals surface area contributed by atoms with Gasteiger partial charge in [-0.25, -0.2) is 4.39 Å². The van der Waals surface area contributed by atoms with Gasteiger partial charge in [0, 0.05) is 36.0 Å². The highest BCUT2D eigenvalue weighted by molar-refractivity contribution is 6.12. The van der Waals surface area contributed by atoms with Gasteiger partial charge in [0.25, 0.3) is 11.8 Å². The summed E-state index contributed by atoms with van der Waals surface area (Å²) >= 11 is 0. The molecule has 3 N–H and O–H groups in total. The summed E-state index contributed by atoms with van der Waals surface area (Å²) < 4.78 is 30.9. The van der Waals surface area contributed by atoms with Crippen LogP contribution in [0.2, 0.25) is 0 Å². The third-order valence-electron chi connectivity index (χ3n) is 6.22. The third kappa shape index (κ3) is 5.98. The van der Waals surface area contributed by atoms with Gasteiger partial charge in [-0.15, -0.1) is 0 Å². The lowest BCUT2D eigenvalue weighted by molar-refractivity contribution is -0.119. The van der Waals surface area contributed by atoms with Crippen LogP contribution in [0.1, 0.15) is 47.9 Å². The first kappa shape index (κ1) is 28.4. The van der Waals surface area contributed by atoms with Crippen molar-refractivity contribution < 1.29 is 32.7 Å². The molecule has 2 amide bonds. The molecule has 0 saturated heterocycles. The number of amides is 2. The van der Waals surface area contributed by atoms with Gasteiger partial charge in [0.2, 0.25) is 0 Å². The zero-order valence-corrected chi connectivity index (χ0v) is 23.0. The molecule has 4 rings (SSSR count). The number of primary amides is 1. The van der Waals surface area contributed by atoms with Crippen molar-refractivity contribution in [1.82, 2.24) is 5.32 Å². The molecule has 1 heterocycles. The van der Waals surface area contributed by atoms with Gasteiger partial charge < -0.3 is 24.9 Å². The number of fused-ring (bicyclic) bond motifs is 1. The molecule has 0 aliphatic carbocycles. The van der Waals surface area contributed by atoms with Crippen LogP contribution in [0, 0.1) is 11.2 Å². The number of furan rings is 1. The van der Waals surface area contributed by atoms with Crippen LogP contribution in [-0.4, -0.2) is 38.4 Å². The Morgan fingerprint density at radius 2 is 1.65 bits per heavy atom. The van der Waals surface area contributed by atoms with E-state index in [1.165, 1.54) is 38.4 Å². The van der Waals surface area contributed by atoms with Gasteiger partial charge in [0.1, 0.15) is 28.7 Å². The lowest BCUT2D eigenvalue weighted by Crippen LogP contribution is -2.20. The Balaban J connectivity index is 1.94. The van der Waals surface area contributed by atoms with E-state index in [1.807, 2.05) is 20.8 Å². The van der Waals surface area contributed by atoms with Gasteiger partial charge in [-0.05, 0) is 53.4 Å². The molecule has 0 atom stereocenters. The summed E-state index contributed by atoms with van der Waals surface area (Å²) in [6.07, 6.45) is 0.271. The van der Waals surface area contributed by atoms with Crippen LogP contribution < -0.4 is 20.5 Å². The second-order valence-electron chi connectivity index (χ2n) is 10.6. The quantitative estimate of drug-likeness (QED) is 0.258. The van der Waals surface area contributed by atoms with Crippen LogP contribution >= 0.6 is 0 Å². The van der Waals surface area contributed by atoms with Crippen LogP contribution in [0.25, 0.3) is 33.4 Å². The Morgan fingerprint density at radius 1 is 0.975 bits per heavy atom. The van der Waals surface area contributed by atoms with Crippen molar-refractivity contribution in [3.63, 3.8) is 0 Å². The third-order valence-corrected chi connectivity index (χ3v) is 6.22. The normalized spacial score (nSPS) is 11.3. The van der Waals surface area contributed by atoms with Gasteiger partial charge in [0.05, 0.1) is 18.2 Å². The summed E-state index contributed by atoms with van der Waals surface area (Å²) in [5, 5.41) is 3.13.